The van der Waals surface area contributed by atoms with Gasteiger partial charge in [0.1, 0.15) is 5.75 Å². The van der Waals surface area contributed by atoms with Crippen LogP contribution in [0.15, 0.2) is 40.8 Å². The van der Waals surface area contributed by atoms with E-state index >= 15 is 0 Å². The maximum atomic E-state index is 6.66. The molecule has 5 rings (SSSR count). The fourth-order valence-electron chi connectivity index (χ4n) is 4.56. The first-order valence-corrected chi connectivity index (χ1v) is 10.9. The molecule has 0 amide bonds. The zero-order valence-corrected chi connectivity index (χ0v) is 17.3. The summed E-state index contributed by atoms with van der Waals surface area (Å²) in [6.07, 6.45) is 2.84. The van der Waals surface area contributed by atoms with Gasteiger partial charge in [0.15, 0.2) is 0 Å². The lowest BCUT2D eigenvalue weighted by Crippen LogP contribution is -2.59. The molecule has 0 saturated carbocycles. The molecule has 6 heteroatoms. The third-order valence-corrected chi connectivity index (χ3v) is 7.23. The summed E-state index contributed by atoms with van der Waals surface area (Å²) in [5, 5.41) is 10.2. The van der Waals surface area contributed by atoms with Gasteiger partial charge in [-0.1, -0.05) is 17.7 Å². The Hall–Kier alpha value is -1.56. The Bertz CT molecular complexity index is 872. The summed E-state index contributed by atoms with van der Waals surface area (Å²) in [5.41, 5.74) is 1.97. The van der Waals surface area contributed by atoms with Crippen LogP contribution in [0.1, 0.15) is 49.6 Å². The van der Waals surface area contributed by atoms with Crippen molar-refractivity contribution in [2.45, 2.75) is 50.9 Å². The smallest absolute Gasteiger partial charge is 0.200 e. The average Bonchev–Trinajstić information content (AvgIpc) is 3.33. The number of benzene rings is 1. The van der Waals surface area contributed by atoms with Crippen LogP contribution < -0.4 is 4.74 Å². The molecule has 27 heavy (non-hydrogen) atoms. The van der Waals surface area contributed by atoms with Gasteiger partial charge in [0.05, 0.1) is 16.6 Å². The first kappa shape index (κ1) is 17.5. The van der Waals surface area contributed by atoms with E-state index in [4.69, 9.17) is 21.4 Å². The molecule has 0 bridgehead atoms. The van der Waals surface area contributed by atoms with E-state index in [2.05, 4.69) is 47.3 Å². The van der Waals surface area contributed by atoms with Gasteiger partial charge in [-0.2, -0.15) is 5.10 Å². The third-order valence-electron chi connectivity index (χ3n) is 6.07. The summed E-state index contributed by atoms with van der Waals surface area (Å²) < 4.78 is 6.66. The number of hydrazone groups is 1. The molecule has 0 radical (unpaired) electrons. The second-order valence-corrected chi connectivity index (χ2v) is 9.33. The Morgan fingerprint density at radius 3 is 2.78 bits per heavy atom. The summed E-state index contributed by atoms with van der Waals surface area (Å²) in [7, 11) is 0. The van der Waals surface area contributed by atoms with Gasteiger partial charge in [0, 0.05) is 49.0 Å². The number of rotatable bonds is 2. The van der Waals surface area contributed by atoms with Gasteiger partial charge >= 0.3 is 0 Å². The van der Waals surface area contributed by atoms with Gasteiger partial charge in [-0.05, 0) is 43.5 Å². The largest absolute Gasteiger partial charge is 0.466 e. The van der Waals surface area contributed by atoms with E-state index in [1.165, 1.54) is 4.88 Å². The highest BCUT2D eigenvalue weighted by Crippen LogP contribution is 2.50. The molecule has 0 unspecified atom stereocenters. The number of hydrogen-bond donors (Lipinski definition) is 0. The molecule has 4 nitrogen and oxygen atoms in total. The molecule has 0 N–H and O–H groups in total. The number of thiophene rings is 1. The highest BCUT2D eigenvalue weighted by molar-refractivity contribution is 7.12. The molecule has 1 fully saturated rings. The number of hydrogen-bond acceptors (Lipinski definition) is 5. The monoisotopic (exact) mass is 401 g/mol. The van der Waals surface area contributed by atoms with E-state index in [1.54, 1.807) is 11.3 Å². The maximum absolute atomic E-state index is 6.66. The Morgan fingerprint density at radius 2 is 2.07 bits per heavy atom. The maximum Gasteiger partial charge on any atom is 0.200 e. The summed E-state index contributed by atoms with van der Waals surface area (Å²) in [6, 6.07) is 11.1. The Kier molecular flexibility index (Phi) is 4.22. The Morgan fingerprint density at radius 1 is 1.26 bits per heavy atom. The van der Waals surface area contributed by atoms with Crippen LogP contribution in [0.5, 0.6) is 5.75 Å². The van der Waals surface area contributed by atoms with Gasteiger partial charge in [0.25, 0.3) is 0 Å². The van der Waals surface area contributed by atoms with Crippen LogP contribution in [-0.2, 0) is 0 Å². The van der Waals surface area contributed by atoms with Gasteiger partial charge in [0.2, 0.25) is 5.72 Å². The van der Waals surface area contributed by atoms with Crippen LogP contribution in [0.2, 0.25) is 5.02 Å². The predicted octanol–water partition coefficient (Wildman–Crippen LogP) is 5.15. The predicted molar refractivity (Wildman–Crippen MR) is 111 cm³/mol. The number of likely N-dealkylation sites (tertiary alicyclic amines) is 1. The van der Waals surface area contributed by atoms with Crippen molar-refractivity contribution >= 4 is 28.6 Å². The minimum atomic E-state index is -0.351. The summed E-state index contributed by atoms with van der Waals surface area (Å²) >= 11 is 8.08. The minimum Gasteiger partial charge on any atom is -0.466 e. The van der Waals surface area contributed by atoms with E-state index in [0.29, 0.717) is 6.04 Å². The molecule has 3 aliphatic rings. The second kappa shape index (κ2) is 6.50. The fourth-order valence-corrected chi connectivity index (χ4v) is 5.47. The minimum absolute atomic E-state index is 0.204. The highest BCUT2D eigenvalue weighted by Gasteiger charge is 2.52. The molecular weight excluding hydrogens is 378 g/mol. The Labute approximate surface area is 169 Å². The van der Waals surface area contributed by atoms with E-state index in [9.17, 15) is 0 Å². The molecule has 1 aromatic heterocycles. The lowest BCUT2D eigenvalue weighted by molar-refractivity contribution is -0.152. The van der Waals surface area contributed by atoms with Gasteiger partial charge < -0.3 is 9.64 Å². The van der Waals surface area contributed by atoms with E-state index in [1.807, 2.05) is 12.1 Å². The van der Waals surface area contributed by atoms with E-state index in [-0.39, 0.29) is 11.8 Å². The zero-order chi connectivity index (χ0) is 18.6. The third kappa shape index (κ3) is 2.87. The normalized spacial score (nSPS) is 23.9. The van der Waals surface area contributed by atoms with Gasteiger partial charge in [-0.3, -0.25) is 0 Å². The highest BCUT2D eigenvalue weighted by atomic mass is 35.5. The molecule has 1 atom stereocenters. The first-order chi connectivity index (χ1) is 13.1. The molecule has 1 saturated heterocycles. The second-order valence-electron chi connectivity index (χ2n) is 7.95. The topological polar surface area (TPSA) is 28.1 Å². The fraction of sp³-hybridized carbons (Fsp3) is 0.476. The molecular formula is C21H24ClN3OS. The summed E-state index contributed by atoms with van der Waals surface area (Å²) in [5.74, 6) is 0.973. The number of halogens is 1. The van der Waals surface area contributed by atoms with Crippen molar-refractivity contribution in [1.29, 1.82) is 0 Å². The van der Waals surface area contributed by atoms with Gasteiger partial charge in [-0.15, -0.1) is 11.3 Å². The van der Waals surface area contributed by atoms with Crippen molar-refractivity contribution < 1.29 is 4.74 Å². The van der Waals surface area contributed by atoms with Crippen molar-refractivity contribution in [3.63, 3.8) is 0 Å². The number of nitrogens with zero attached hydrogens (tertiary/aromatic N) is 3. The van der Waals surface area contributed by atoms with Crippen molar-refractivity contribution in [2.75, 3.05) is 13.1 Å². The molecule has 0 aliphatic carbocycles. The number of ether oxygens (including phenoxy) is 1. The number of fused-ring (bicyclic) bond motifs is 4. The first-order valence-electron chi connectivity index (χ1n) is 9.69. The molecule has 2 aromatic rings. The lowest BCUT2D eigenvalue weighted by atomic mass is 9.91. The Balaban J connectivity index is 1.55. The average molecular weight is 402 g/mol. The molecule has 1 aromatic carbocycles. The van der Waals surface area contributed by atoms with Crippen molar-refractivity contribution in [3.05, 3.63) is 51.2 Å². The van der Waals surface area contributed by atoms with E-state index in [0.717, 1.165) is 54.4 Å². The lowest BCUT2D eigenvalue weighted by Gasteiger charge is -2.51. The van der Waals surface area contributed by atoms with E-state index < -0.39 is 0 Å². The van der Waals surface area contributed by atoms with Crippen LogP contribution in [0.3, 0.4) is 0 Å². The van der Waals surface area contributed by atoms with Crippen LogP contribution in [0.25, 0.3) is 0 Å². The van der Waals surface area contributed by atoms with Crippen molar-refractivity contribution in [2.24, 2.45) is 5.10 Å². The standard InChI is InChI=1S/C21H24ClN3OS/c1-14(2)24-9-7-21(8-10-24)25-18(13-17(23-25)20-4-3-11-27-20)16-12-15(22)5-6-19(16)26-21/h3-6,11-12,14,18H,7-10,13H2,1-2H3/t18-/m1/s1. The molecule has 1 spiro atoms. The van der Waals surface area contributed by atoms with Crippen LogP contribution in [0, 0.1) is 0 Å². The van der Waals surface area contributed by atoms with Crippen molar-refractivity contribution in [3.8, 4) is 5.75 Å². The molecule has 3 aliphatic heterocycles. The molecule has 142 valence electrons. The summed E-state index contributed by atoms with van der Waals surface area (Å²) in [4.78, 5) is 3.78. The van der Waals surface area contributed by atoms with Crippen molar-refractivity contribution in [1.82, 2.24) is 9.91 Å². The molecule has 4 heterocycles. The number of piperidine rings is 1. The van der Waals surface area contributed by atoms with Crippen LogP contribution in [0.4, 0.5) is 0 Å². The van der Waals surface area contributed by atoms with Crippen LogP contribution >= 0.6 is 22.9 Å². The SMILES string of the molecule is CC(C)N1CCC2(CC1)Oc1ccc(Cl)cc1[C@H]1CC(c3cccs3)=NN12. The van der Waals surface area contributed by atoms with Crippen LogP contribution in [-0.4, -0.2) is 40.5 Å². The zero-order valence-electron chi connectivity index (χ0n) is 15.7. The van der Waals surface area contributed by atoms with Gasteiger partial charge in [-0.25, -0.2) is 5.01 Å². The quantitative estimate of drug-likeness (QED) is 0.696. The summed E-state index contributed by atoms with van der Waals surface area (Å²) in [6.45, 7) is 6.60.